The molecule has 0 saturated heterocycles. The topological polar surface area (TPSA) is 38.9 Å². The van der Waals surface area contributed by atoms with Crippen molar-refractivity contribution in [1.82, 2.24) is 4.98 Å². The second kappa shape index (κ2) is 5.14. The lowest BCUT2D eigenvalue weighted by atomic mass is 9.89. The molecule has 1 aromatic carbocycles. The van der Waals surface area contributed by atoms with Crippen molar-refractivity contribution in [1.29, 1.82) is 0 Å². The maximum atomic E-state index is 5.93. The van der Waals surface area contributed by atoms with Crippen LogP contribution in [0.1, 0.15) is 42.5 Å². The van der Waals surface area contributed by atoms with Gasteiger partial charge in [0.15, 0.2) is 0 Å². The summed E-state index contributed by atoms with van der Waals surface area (Å²) in [6.07, 6.45) is 8.86. The van der Waals surface area contributed by atoms with Crippen LogP contribution >= 0.6 is 0 Å². The molecule has 0 fully saturated rings. The highest BCUT2D eigenvalue weighted by molar-refractivity contribution is 5.65. The summed E-state index contributed by atoms with van der Waals surface area (Å²) in [4.78, 5) is 4.31. The van der Waals surface area contributed by atoms with E-state index in [1.807, 2.05) is 19.3 Å². The van der Waals surface area contributed by atoms with Gasteiger partial charge >= 0.3 is 0 Å². The maximum Gasteiger partial charge on any atom is 0.0346 e. The van der Waals surface area contributed by atoms with Gasteiger partial charge in [-0.2, -0.15) is 0 Å². The summed E-state index contributed by atoms with van der Waals surface area (Å²) in [5, 5.41) is 0. The van der Waals surface area contributed by atoms with Crippen LogP contribution in [0.4, 0.5) is 0 Å². The predicted octanol–water partition coefficient (Wildman–Crippen LogP) is 3.65. The molecule has 1 aliphatic carbocycles. The van der Waals surface area contributed by atoms with Gasteiger partial charge in [-0.1, -0.05) is 18.2 Å². The lowest BCUT2D eigenvalue weighted by Crippen LogP contribution is -2.05. The summed E-state index contributed by atoms with van der Waals surface area (Å²) in [5.74, 6) is 0. The van der Waals surface area contributed by atoms with Crippen molar-refractivity contribution in [3.63, 3.8) is 0 Å². The molecular weight excluding hydrogens is 232 g/mol. The SMILES string of the molecule is CC(N)c1cncc(-c2ccc3c(c2)CCCC3)c1. The van der Waals surface area contributed by atoms with Crippen LogP contribution in [0, 0.1) is 0 Å². The molecule has 1 unspecified atom stereocenters. The number of hydrogen-bond acceptors (Lipinski definition) is 2. The van der Waals surface area contributed by atoms with Gasteiger partial charge in [0, 0.05) is 24.0 Å². The molecule has 98 valence electrons. The van der Waals surface area contributed by atoms with Gasteiger partial charge in [0.1, 0.15) is 0 Å². The lowest BCUT2D eigenvalue weighted by Gasteiger charge is -2.17. The fourth-order valence-corrected chi connectivity index (χ4v) is 2.78. The molecular formula is C17H20N2. The van der Waals surface area contributed by atoms with E-state index in [2.05, 4.69) is 29.2 Å². The highest BCUT2D eigenvalue weighted by atomic mass is 14.7. The Morgan fingerprint density at radius 1 is 1.00 bits per heavy atom. The summed E-state index contributed by atoms with van der Waals surface area (Å²) in [7, 11) is 0. The third-order valence-corrected chi connectivity index (χ3v) is 3.97. The van der Waals surface area contributed by atoms with Crippen molar-refractivity contribution in [2.75, 3.05) is 0 Å². The molecule has 2 aromatic rings. The summed E-state index contributed by atoms with van der Waals surface area (Å²) in [6.45, 7) is 1.99. The van der Waals surface area contributed by atoms with Gasteiger partial charge in [-0.25, -0.2) is 0 Å². The molecule has 1 aromatic heterocycles. The first-order valence-corrected chi connectivity index (χ1v) is 7.07. The molecule has 2 N–H and O–H groups in total. The van der Waals surface area contributed by atoms with Crippen molar-refractivity contribution >= 4 is 0 Å². The summed E-state index contributed by atoms with van der Waals surface area (Å²) < 4.78 is 0. The summed E-state index contributed by atoms with van der Waals surface area (Å²) in [6, 6.07) is 9.01. The molecule has 0 spiro atoms. The van der Waals surface area contributed by atoms with E-state index in [-0.39, 0.29) is 6.04 Å². The first kappa shape index (κ1) is 12.4. The Kier molecular flexibility index (Phi) is 3.34. The molecule has 3 rings (SSSR count). The Hall–Kier alpha value is -1.67. The minimum Gasteiger partial charge on any atom is -0.324 e. The van der Waals surface area contributed by atoms with E-state index in [1.165, 1.54) is 47.9 Å². The van der Waals surface area contributed by atoms with Crippen molar-refractivity contribution in [3.8, 4) is 11.1 Å². The number of aryl methyl sites for hydroxylation is 2. The average molecular weight is 252 g/mol. The van der Waals surface area contributed by atoms with Gasteiger partial charge in [-0.05, 0) is 60.9 Å². The molecule has 0 amide bonds. The van der Waals surface area contributed by atoms with Crippen molar-refractivity contribution in [3.05, 3.63) is 53.3 Å². The van der Waals surface area contributed by atoms with Gasteiger partial charge in [0.2, 0.25) is 0 Å². The van der Waals surface area contributed by atoms with Crippen LogP contribution in [0.15, 0.2) is 36.7 Å². The number of pyridine rings is 1. The second-order valence-electron chi connectivity index (χ2n) is 5.49. The third-order valence-electron chi connectivity index (χ3n) is 3.97. The van der Waals surface area contributed by atoms with E-state index in [4.69, 9.17) is 5.73 Å². The summed E-state index contributed by atoms with van der Waals surface area (Å²) in [5.41, 5.74) is 12.5. The standard InChI is InChI=1S/C17H20N2/c1-12(18)16-9-17(11-19-10-16)15-7-6-13-4-2-3-5-14(13)8-15/h6-12H,2-5,18H2,1H3. The largest absolute Gasteiger partial charge is 0.324 e. The number of hydrogen-bond donors (Lipinski definition) is 1. The molecule has 0 aliphatic heterocycles. The van der Waals surface area contributed by atoms with Crippen LogP contribution in [-0.2, 0) is 12.8 Å². The van der Waals surface area contributed by atoms with Crippen LogP contribution in [0.2, 0.25) is 0 Å². The fourth-order valence-electron chi connectivity index (χ4n) is 2.78. The number of fused-ring (bicyclic) bond motifs is 1. The molecule has 1 heterocycles. The molecule has 0 saturated carbocycles. The van der Waals surface area contributed by atoms with Crippen molar-refractivity contribution in [2.24, 2.45) is 5.73 Å². The van der Waals surface area contributed by atoms with E-state index >= 15 is 0 Å². The zero-order valence-electron chi connectivity index (χ0n) is 11.4. The number of rotatable bonds is 2. The predicted molar refractivity (Wildman–Crippen MR) is 78.9 cm³/mol. The minimum atomic E-state index is 0.0325. The zero-order valence-corrected chi connectivity index (χ0v) is 11.4. The smallest absolute Gasteiger partial charge is 0.0346 e. The van der Waals surface area contributed by atoms with Gasteiger partial charge < -0.3 is 5.73 Å². The van der Waals surface area contributed by atoms with E-state index in [1.54, 1.807) is 0 Å². The Morgan fingerprint density at radius 3 is 2.58 bits per heavy atom. The average Bonchev–Trinajstić information content (AvgIpc) is 2.47. The fraction of sp³-hybridized carbons (Fsp3) is 0.353. The number of benzene rings is 1. The number of nitrogens with two attached hydrogens (primary N) is 1. The highest BCUT2D eigenvalue weighted by Crippen LogP contribution is 2.28. The zero-order chi connectivity index (χ0) is 13.2. The second-order valence-corrected chi connectivity index (χ2v) is 5.49. The first-order valence-electron chi connectivity index (χ1n) is 7.07. The van der Waals surface area contributed by atoms with E-state index < -0.39 is 0 Å². The van der Waals surface area contributed by atoms with Crippen LogP contribution in [0.25, 0.3) is 11.1 Å². The minimum absolute atomic E-state index is 0.0325. The van der Waals surface area contributed by atoms with E-state index in [9.17, 15) is 0 Å². The third kappa shape index (κ3) is 2.54. The Morgan fingerprint density at radius 2 is 1.79 bits per heavy atom. The van der Waals surface area contributed by atoms with Gasteiger partial charge in [0.05, 0.1) is 0 Å². The monoisotopic (exact) mass is 252 g/mol. The van der Waals surface area contributed by atoms with Gasteiger partial charge in [-0.3, -0.25) is 4.98 Å². The van der Waals surface area contributed by atoms with Crippen LogP contribution < -0.4 is 5.73 Å². The molecule has 1 atom stereocenters. The Balaban J connectivity index is 2.00. The lowest BCUT2D eigenvalue weighted by molar-refractivity contribution is 0.686. The Labute approximate surface area is 114 Å². The van der Waals surface area contributed by atoms with Crippen LogP contribution in [0.5, 0.6) is 0 Å². The molecule has 19 heavy (non-hydrogen) atoms. The molecule has 0 bridgehead atoms. The molecule has 0 radical (unpaired) electrons. The number of aromatic nitrogens is 1. The normalized spacial score (nSPS) is 15.9. The van der Waals surface area contributed by atoms with E-state index in [0.717, 1.165) is 5.56 Å². The number of nitrogens with zero attached hydrogens (tertiary/aromatic N) is 1. The maximum absolute atomic E-state index is 5.93. The quantitative estimate of drug-likeness (QED) is 0.886. The van der Waals surface area contributed by atoms with Crippen molar-refractivity contribution in [2.45, 2.75) is 38.6 Å². The summed E-state index contributed by atoms with van der Waals surface area (Å²) >= 11 is 0. The van der Waals surface area contributed by atoms with Gasteiger partial charge in [-0.15, -0.1) is 0 Å². The molecule has 1 aliphatic rings. The Bertz CT molecular complexity index is 588. The van der Waals surface area contributed by atoms with E-state index in [0.29, 0.717) is 0 Å². The van der Waals surface area contributed by atoms with Gasteiger partial charge in [0.25, 0.3) is 0 Å². The van der Waals surface area contributed by atoms with Crippen LogP contribution in [0.3, 0.4) is 0 Å². The van der Waals surface area contributed by atoms with Crippen LogP contribution in [-0.4, -0.2) is 4.98 Å². The molecule has 2 heteroatoms. The highest BCUT2D eigenvalue weighted by Gasteiger charge is 2.11. The first-order chi connectivity index (χ1) is 9.24. The molecule has 2 nitrogen and oxygen atoms in total. The van der Waals surface area contributed by atoms with Crippen molar-refractivity contribution < 1.29 is 0 Å².